The monoisotopic (exact) mass is 220 g/mol. The van der Waals surface area contributed by atoms with E-state index in [1.807, 2.05) is 0 Å². The zero-order valence-corrected chi connectivity index (χ0v) is 10.8. The summed E-state index contributed by atoms with van der Waals surface area (Å²) in [6.07, 6.45) is 1.19. The summed E-state index contributed by atoms with van der Waals surface area (Å²) in [4.78, 5) is 2.32. The molecular formula is C14H24N2. The van der Waals surface area contributed by atoms with Gasteiger partial charge in [-0.2, -0.15) is 0 Å². The van der Waals surface area contributed by atoms with Gasteiger partial charge in [-0.25, -0.2) is 0 Å². The highest BCUT2D eigenvalue weighted by Gasteiger charge is 1.99. The highest BCUT2D eigenvalue weighted by Crippen LogP contribution is 2.07. The second kappa shape index (κ2) is 7.42. The third kappa shape index (κ3) is 4.77. The van der Waals surface area contributed by atoms with Crippen LogP contribution in [0.25, 0.3) is 0 Å². The Hall–Kier alpha value is -0.860. The van der Waals surface area contributed by atoms with Crippen LogP contribution in [0.3, 0.4) is 0 Å². The molecule has 0 atom stereocenters. The van der Waals surface area contributed by atoms with Gasteiger partial charge in [0.2, 0.25) is 0 Å². The van der Waals surface area contributed by atoms with E-state index >= 15 is 0 Å². The first kappa shape index (κ1) is 13.2. The molecule has 1 aromatic rings. The molecular weight excluding hydrogens is 196 g/mol. The lowest BCUT2D eigenvalue weighted by Gasteiger charge is -2.14. The van der Waals surface area contributed by atoms with E-state index in [2.05, 4.69) is 55.4 Å². The number of hydrogen-bond donors (Lipinski definition) is 1. The van der Waals surface area contributed by atoms with E-state index in [1.54, 1.807) is 0 Å². The van der Waals surface area contributed by atoms with E-state index in [0.717, 1.165) is 26.2 Å². The quantitative estimate of drug-likeness (QED) is 0.711. The minimum absolute atomic E-state index is 0.984. The second-order valence-electron chi connectivity index (χ2n) is 4.33. The van der Waals surface area contributed by atoms with Crippen LogP contribution in [-0.4, -0.2) is 25.0 Å². The van der Waals surface area contributed by atoms with Crippen molar-refractivity contribution in [2.75, 3.05) is 20.1 Å². The second-order valence-corrected chi connectivity index (χ2v) is 4.33. The number of nitrogens with zero attached hydrogens (tertiary/aromatic N) is 1. The molecule has 2 nitrogen and oxygen atoms in total. The summed E-state index contributed by atoms with van der Waals surface area (Å²) in [5, 5.41) is 3.43. The number of rotatable bonds is 7. The number of benzene rings is 1. The molecule has 0 unspecified atom stereocenters. The van der Waals surface area contributed by atoms with E-state index in [-0.39, 0.29) is 0 Å². The molecule has 0 amide bonds. The van der Waals surface area contributed by atoms with Gasteiger partial charge in [0.1, 0.15) is 0 Å². The third-order valence-corrected chi connectivity index (χ3v) is 2.74. The zero-order chi connectivity index (χ0) is 11.8. The topological polar surface area (TPSA) is 15.3 Å². The zero-order valence-electron chi connectivity index (χ0n) is 10.8. The van der Waals surface area contributed by atoms with Gasteiger partial charge in [0, 0.05) is 13.1 Å². The fourth-order valence-corrected chi connectivity index (χ4v) is 1.67. The van der Waals surface area contributed by atoms with Crippen LogP contribution in [0.1, 0.15) is 31.4 Å². The van der Waals surface area contributed by atoms with Crippen LogP contribution in [0.2, 0.25) is 0 Å². The molecule has 0 aliphatic rings. The molecule has 0 radical (unpaired) electrons. The van der Waals surface area contributed by atoms with E-state index in [0.29, 0.717) is 0 Å². The van der Waals surface area contributed by atoms with E-state index in [9.17, 15) is 0 Å². The molecule has 0 saturated heterocycles. The first-order valence-corrected chi connectivity index (χ1v) is 6.23. The van der Waals surface area contributed by atoms with E-state index < -0.39 is 0 Å². The fourth-order valence-electron chi connectivity index (χ4n) is 1.67. The minimum atomic E-state index is 0.984. The van der Waals surface area contributed by atoms with Gasteiger partial charge in [0.25, 0.3) is 0 Å². The third-order valence-electron chi connectivity index (χ3n) is 2.74. The average Bonchev–Trinajstić information content (AvgIpc) is 2.30. The van der Waals surface area contributed by atoms with Crippen molar-refractivity contribution in [3.63, 3.8) is 0 Å². The molecule has 0 fully saturated rings. The Morgan fingerprint density at radius 3 is 2.62 bits per heavy atom. The Morgan fingerprint density at radius 1 is 1.19 bits per heavy atom. The normalized spacial score (nSPS) is 11.0. The molecule has 90 valence electrons. The Labute approximate surface area is 99.7 Å². The van der Waals surface area contributed by atoms with Gasteiger partial charge >= 0.3 is 0 Å². The standard InChI is InChI=1S/C14H24N2/c1-4-9-15-11-13-7-6-8-14(10-13)12-16(3)5-2/h6-8,10,15H,4-5,9,11-12H2,1-3H3. The smallest absolute Gasteiger partial charge is 0.0230 e. The lowest BCUT2D eigenvalue weighted by atomic mass is 10.1. The molecule has 1 rings (SSSR count). The minimum Gasteiger partial charge on any atom is -0.313 e. The average molecular weight is 220 g/mol. The summed E-state index contributed by atoms with van der Waals surface area (Å²) in [6.45, 7) is 8.60. The molecule has 0 aliphatic heterocycles. The van der Waals surface area contributed by atoms with Crippen molar-refractivity contribution >= 4 is 0 Å². The number of hydrogen-bond acceptors (Lipinski definition) is 2. The van der Waals surface area contributed by atoms with Crippen molar-refractivity contribution in [3.05, 3.63) is 35.4 Å². The Bertz CT molecular complexity index is 297. The van der Waals surface area contributed by atoms with Crippen LogP contribution in [0.15, 0.2) is 24.3 Å². The predicted molar refractivity (Wildman–Crippen MR) is 70.4 cm³/mol. The maximum Gasteiger partial charge on any atom is 0.0230 e. The summed E-state index contributed by atoms with van der Waals surface area (Å²) in [5.74, 6) is 0. The molecule has 0 bridgehead atoms. The van der Waals surface area contributed by atoms with Crippen LogP contribution in [-0.2, 0) is 13.1 Å². The van der Waals surface area contributed by atoms with Crippen molar-refractivity contribution in [1.82, 2.24) is 10.2 Å². The summed E-state index contributed by atoms with van der Waals surface area (Å²) < 4.78 is 0. The highest BCUT2D eigenvalue weighted by atomic mass is 15.1. The first-order chi connectivity index (χ1) is 7.76. The van der Waals surface area contributed by atoms with Crippen LogP contribution >= 0.6 is 0 Å². The first-order valence-electron chi connectivity index (χ1n) is 6.23. The van der Waals surface area contributed by atoms with Crippen molar-refractivity contribution in [2.45, 2.75) is 33.4 Å². The van der Waals surface area contributed by atoms with Crippen LogP contribution < -0.4 is 5.32 Å². The summed E-state index contributed by atoms with van der Waals surface area (Å²) >= 11 is 0. The summed E-state index contributed by atoms with van der Waals surface area (Å²) in [5.41, 5.74) is 2.79. The Morgan fingerprint density at radius 2 is 1.94 bits per heavy atom. The highest BCUT2D eigenvalue weighted by molar-refractivity contribution is 5.23. The molecule has 0 aromatic heterocycles. The molecule has 16 heavy (non-hydrogen) atoms. The molecule has 0 spiro atoms. The van der Waals surface area contributed by atoms with E-state index in [4.69, 9.17) is 0 Å². The number of nitrogens with one attached hydrogen (secondary N) is 1. The van der Waals surface area contributed by atoms with Crippen molar-refractivity contribution < 1.29 is 0 Å². The summed E-state index contributed by atoms with van der Waals surface area (Å²) in [6, 6.07) is 8.85. The van der Waals surface area contributed by atoms with Gasteiger partial charge in [-0.05, 0) is 37.7 Å². The largest absolute Gasteiger partial charge is 0.313 e. The Balaban J connectivity index is 2.50. The van der Waals surface area contributed by atoms with Crippen molar-refractivity contribution in [2.24, 2.45) is 0 Å². The van der Waals surface area contributed by atoms with E-state index in [1.165, 1.54) is 17.5 Å². The maximum absolute atomic E-state index is 3.43. The van der Waals surface area contributed by atoms with Crippen molar-refractivity contribution in [1.29, 1.82) is 0 Å². The van der Waals surface area contributed by atoms with Crippen LogP contribution in [0.5, 0.6) is 0 Å². The van der Waals surface area contributed by atoms with Gasteiger partial charge in [-0.1, -0.05) is 38.1 Å². The molecule has 1 aromatic carbocycles. The summed E-state index contributed by atoms with van der Waals surface area (Å²) in [7, 11) is 2.15. The lowest BCUT2D eigenvalue weighted by Crippen LogP contribution is -2.17. The molecule has 0 heterocycles. The maximum atomic E-state index is 3.43. The molecule has 1 N–H and O–H groups in total. The van der Waals surface area contributed by atoms with Crippen LogP contribution in [0.4, 0.5) is 0 Å². The van der Waals surface area contributed by atoms with Crippen LogP contribution in [0, 0.1) is 0 Å². The SMILES string of the molecule is CCCNCc1cccc(CN(C)CC)c1. The van der Waals surface area contributed by atoms with Gasteiger partial charge in [0.05, 0.1) is 0 Å². The van der Waals surface area contributed by atoms with Crippen molar-refractivity contribution in [3.8, 4) is 0 Å². The lowest BCUT2D eigenvalue weighted by molar-refractivity contribution is 0.345. The fraction of sp³-hybridized carbons (Fsp3) is 0.571. The molecule has 2 heteroatoms. The van der Waals surface area contributed by atoms with Gasteiger partial charge in [0.15, 0.2) is 0 Å². The predicted octanol–water partition coefficient (Wildman–Crippen LogP) is 2.64. The Kier molecular flexibility index (Phi) is 6.12. The van der Waals surface area contributed by atoms with Gasteiger partial charge in [-0.15, -0.1) is 0 Å². The molecule has 0 saturated carbocycles. The molecule has 0 aliphatic carbocycles. The van der Waals surface area contributed by atoms with Gasteiger partial charge < -0.3 is 10.2 Å². The van der Waals surface area contributed by atoms with Gasteiger partial charge in [-0.3, -0.25) is 0 Å².